The van der Waals surface area contributed by atoms with E-state index in [0.717, 1.165) is 18.2 Å². The summed E-state index contributed by atoms with van der Waals surface area (Å²) in [6.45, 7) is -0.843. The lowest BCUT2D eigenvalue weighted by Gasteiger charge is -2.16. The van der Waals surface area contributed by atoms with Gasteiger partial charge >= 0.3 is 12.5 Å². The van der Waals surface area contributed by atoms with E-state index in [1.165, 1.54) is 12.2 Å². The Hall–Kier alpha value is -2.98. The first-order chi connectivity index (χ1) is 12.9. The molecule has 0 fully saturated rings. The van der Waals surface area contributed by atoms with Crippen LogP contribution in [-0.2, 0) is 4.79 Å². The van der Waals surface area contributed by atoms with Gasteiger partial charge in [0.2, 0.25) is 0 Å². The zero-order chi connectivity index (χ0) is 20.9. The van der Waals surface area contributed by atoms with Crippen LogP contribution in [0.4, 0.5) is 26.3 Å². The molecule has 1 aliphatic carbocycles. The van der Waals surface area contributed by atoms with Gasteiger partial charge in [-0.2, -0.15) is 13.2 Å². The van der Waals surface area contributed by atoms with Gasteiger partial charge in [0, 0.05) is 18.2 Å². The quantitative estimate of drug-likeness (QED) is 0.720. The van der Waals surface area contributed by atoms with Crippen LogP contribution in [0.5, 0.6) is 11.5 Å². The van der Waals surface area contributed by atoms with Gasteiger partial charge in [-0.05, 0) is 24.3 Å². The summed E-state index contributed by atoms with van der Waals surface area (Å²) in [6.07, 6.45) is -6.77. The Morgan fingerprint density at radius 3 is 2.46 bits per heavy atom. The van der Waals surface area contributed by atoms with E-state index in [2.05, 4.69) is 10.1 Å². The van der Waals surface area contributed by atoms with Crippen molar-refractivity contribution in [3.63, 3.8) is 0 Å². The maximum atomic E-state index is 12.4. The van der Waals surface area contributed by atoms with E-state index in [4.69, 9.17) is 4.74 Å². The van der Waals surface area contributed by atoms with Crippen molar-refractivity contribution in [3.8, 4) is 11.5 Å². The van der Waals surface area contributed by atoms with Crippen molar-refractivity contribution >= 4 is 11.7 Å². The van der Waals surface area contributed by atoms with Crippen LogP contribution in [-0.4, -0.2) is 30.8 Å². The number of rotatable bonds is 6. The fourth-order valence-electron chi connectivity index (χ4n) is 2.14. The minimum Gasteiger partial charge on any atom is -0.492 e. The van der Waals surface area contributed by atoms with Gasteiger partial charge in [-0.3, -0.25) is 9.59 Å². The molecule has 0 unspecified atom stereocenters. The SMILES string of the molecule is O=C1C=C(NC(=O)c2cc(OC(F)(F)F)ccc2OCCC(F)(F)F)C=CC1. The van der Waals surface area contributed by atoms with Crippen LogP contribution in [0.1, 0.15) is 23.2 Å². The molecular weight excluding hydrogens is 396 g/mol. The molecule has 1 N–H and O–H groups in total. The molecule has 0 atom stereocenters. The molecule has 0 spiro atoms. The first-order valence-corrected chi connectivity index (χ1v) is 7.75. The van der Waals surface area contributed by atoms with Gasteiger partial charge in [-0.25, -0.2) is 0 Å². The molecule has 0 bridgehead atoms. The Balaban J connectivity index is 2.25. The minimum absolute atomic E-state index is 0.0737. The van der Waals surface area contributed by atoms with Gasteiger partial charge < -0.3 is 14.8 Å². The third-order valence-corrected chi connectivity index (χ3v) is 3.26. The second-order valence-corrected chi connectivity index (χ2v) is 5.55. The fraction of sp³-hybridized carbons (Fsp3) is 0.294. The van der Waals surface area contributed by atoms with Crippen molar-refractivity contribution < 1.29 is 45.4 Å². The predicted octanol–water partition coefficient (Wildman–Crippen LogP) is 4.06. The molecule has 0 radical (unpaired) electrons. The van der Waals surface area contributed by atoms with Gasteiger partial charge in [0.1, 0.15) is 11.5 Å². The predicted molar refractivity (Wildman–Crippen MR) is 83.6 cm³/mol. The van der Waals surface area contributed by atoms with E-state index in [-0.39, 0.29) is 23.7 Å². The van der Waals surface area contributed by atoms with Crippen LogP contribution < -0.4 is 14.8 Å². The molecule has 1 aromatic carbocycles. The molecule has 152 valence electrons. The minimum atomic E-state index is -5.03. The topological polar surface area (TPSA) is 64.6 Å². The lowest BCUT2D eigenvalue weighted by Crippen LogP contribution is -2.25. The number of carbonyl (C=O) groups is 2. The largest absolute Gasteiger partial charge is 0.573 e. The molecule has 0 saturated heterocycles. The Morgan fingerprint density at radius 1 is 1.14 bits per heavy atom. The Morgan fingerprint density at radius 2 is 1.86 bits per heavy atom. The van der Waals surface area contributed by atoms with E-state index in [1.54, 1.807) is 0 Å². The summed E-state index contributed by atoms with van der Waals surface area (Å²) < 4.78 is 82.6. The maximum Gasteiger partial charge on any atom is 0.573 e. The molecule has 1 aromatic rings. The van der Waals surface area contributed by atoms with Crippen LogP contribution in [0, 0.1) is 0 Å². The molecule has 1 amide bonds. The molecule has 2 rings (SSSR count). The third-order valence-electron chi connectivity index (χ3n) is 3.26. The van der Waals surface area contributed by atoms with Gasteiger partial charge in [-0.1, -0.05) is 6.08 Å². The number of amides is 1. The standard InChI is InChI=1S/C17H13F6NO4/c18-16(19,20)6-7-27-14-5-4-12(28-17(21,22)23)9-13(14)15(26)24-10-2-1-3-11(25)8-10/h1-2,4-5,8-9H,3,6-7H2,(H,24,26). The molecular formula is C17H13F6NO4. The molecule has 0 aromatic heterocycles. The van der Waals surface area contributed by atoms with Crippen molar-refractivity contribution in [2.24, 2.45) is 0 Å². The van der Waals surface area contributed by atoms with E-state index < -0.39 is 42.8 Å². The lowest BCUT2D eigenvalue weighted by molar-refractivity contribution is -0.274. The van der Waals surface area contributed by atoms with Crippen molar-refractivity contribution in [1.82, 2.24) is 5.32 Å². The van der Waals surface area contributed by atoms with Crippen LogP contribution >= 0.6 is 0 Å². The van der Waals surface area contributed by atoms with Gasteiger partial charge in [-0.15, -0.1) is 13.2 Å². The average molecular weight is 409 g/mol. The van der Waals surface area contributed by atoms with Crippen LogP contribution in [0.2, 0.25) is 0 Å². The highest BCUT2D eigenvalue weighted by Crippen LogP contribution is 2.29. The number of halogens is 6. The fourth-order valence-corrected chi connectivity index (χ4v) is 2.14. The summed E-state index contributed by atoms with van der Waals surface area (Å²) in [5.41, 5.74) is -0.416. The third kappa shape index (κ3) is 6.97. The first kappa shape index (κ1) is 21.3. The van der Waals surface area contributed by atoms with Crippen molar-refractivity contribution in [1.29, 1.82) is 0 Å². The van der Waals surface area contributed by atoms with E-state index in [9.17, 15) is 35.9 Å². The highest BCUT2D eigenvalue weighted by atomic mass is 19.4. The number of nitrogens with one attached hydrogen (secondary N) is 1. The molecule has 0 aliphatic heterocycles. The zero-order valence-corrected chi connectivity index (χ0v) is 14.0. The number of allylic oxidation sites excluding steroid dienone is 3. The highest BCUT2D eigenvalue weighted by molar-refractivity contribution is 6.00. The number of hydrogen-bond acceptors (Lipinski definition) is 4. The van der Waals surface area contributed by atoms with Gasteiger partial charge in [0.15, 0.2) is 5.78 Å². The van der Waals surface area contributed by atoms with E-state index in [1.807, 2.05) is 0 Å². The van der Waals surface area contributed by atoms with Crippen molar-refractivity contribution in [3.05, 3.63) is 47.7 Å². The first-order valence-electron chi connectivity index (χ1n) is 7.75. The van der Waals surface area contributed by atoms with Crippen LogP contribution in [0.25, 0.3) is 0 Å². The second kappa shape index (κ2) is 8.36. The molecule has 11 heteroatoms. The van der Waals surface area contributed by atoms with Crippen LogP contribution in [0.15, 0.2) is 42.1 Å². The smallest absolute Gasteiger partial charge is 0.492 e. The van der Waals surface area contributed by atoms with Gasteiger partial charge in [0.05, 0.1) is 18.6 Å². The summed E-state index contributed by atoms with van der Waals surface area (Å²) in [5.74, 6) is -2.43. The molecule has 0 heterocycles. The van der Waals surface area contributed by atoms with Crippen molar-refractivity contribution in [2.75, 3.05) is 6.61 Å². The normalized spacial score (nSPS) is 14.5. The number of hydrogen-bond donors (Lipinski definition) is 1. The van der Waals surface area contributed by atoms with E-state index in [0.29, 0.717) is 6.07 Å². The summed E-state index contributed by atoms with van der Waals surface area (Å²) >= 11 is 0. The number of alkyl halides is 6. The summed E-state index contributed by atoms with van der Waals surface area (Å²) in [6, 6.07) is 2.37. The molecule has 1 aliphatic rings. The number of benzene rings is 1. The van der Waals surface area contributed by atoms with E-state index >= 15 is 0 Å². The molecule has 5 nitrogen and oxygen atoms in total. The molecule has 28 heavy (non-hydrogen) atoms. The maximum absolute atomic E-state index is 12.4. The second-order valence-electron chi connectivity index (χ2n) is 5.55. The monoisotopic (exact) mass is 409 g/mol. The number of carbonyl (C=O) groups excluding carboxylic acids is 2. The summed E-state index contributed by atoms with van der Waals surface area (Å²) in [7, 11) is 0. The van der Waals surface area contributed by atoms with Crippen molar-refractivity contribution in [2.45, 2.75) is 25.4 Å². The Labute approximate surface area is 154 Å². The highest BCUT2D eigenvalue weighted by Gasteiger charge is 2.32. The average Bonchev–Trinajstić information content (AvgIpc) is 2.53. The number of ether oxygens (including phenoxy) is 2. The molecule has 0 saturated carbocycles. The Kier molecular flexibility index (Phi) is 6.37. The summed E-state index contributed by atoms with van der Waals surface area (Å²) in [4.78, 5) is 23.7. The summed E-state index contributed by atoms with van der Waals surface area (Å²) in [5, 5.41) is 2.28. The van der Waals surface area contributed by atoms with Gasteiger partial charge in [0.25, 0.3) is 5.91 Å². The number of ketones is 1. The zero-order valence-electron chi connectivity index (χ0n) is 14.0. The lowest BCUT2D eigenvalue weighted by atomic mass is 10.1. The Bertz CT molecular complexity index is 811. The van der Waals surface area contributed by atoms with Crippen LogP contribution in [0.3, 0.4) is 0 Å².